The van der Waals surface area contributed by atoms with Gasteiger partial charge in [-0.2, -0.15) is 0 Å². The van der Waals surface area contributed by atoms with E-state index in [1.165, 1.54) is 12.3 Å². The summed E-state index contributed by atoms with van der Waals surface area (Å²) in [6.07, 6.45) is 0. The zero-order chi connectivity index (χ0) is 10.7. The molecule has 0 spiro atoms. The Kier molecular flexibility index (Phi) is 4.78. The van der Waals surface area contributed by atoms with E-state index in [2.05, 4.69) is 51.7 Å². The van der Waals surface area contributed by atoms with E-state index >= 15 is 0 Å². The van der Waals surface area contributed by atoms with E-state index in [-0.39, 0.29) is 0 Å². The van der Waals surface area contributed by atoms with Gasteiger partial charge >= 0.3 is 0 Å². The van der Waals surface area contributed by atoms with Crippen molar-refractivity contribution in [3.05, 3.63) is 0 Å². The number of nitrogens with one attached hydrogen (secondary N) is 1. The predicted octanol–water partition coefficient (Wildman–Crippen LogP) is 3.21. The molecule has 1 heterocycles. The van der Waals surface area contributed by atoms with Crippen molar-refractivity contribution in [3.63, 3.8) is 0 Å². The van der Waals surface area contributed by atoms with Crippen molar-refractivity contribution in [2.45, 2.75) is 40.0 Å². The second kappa shape index (κ2) is 5.41. The minimum Gasteiger partial charge on any atom is -0.305 e. The quantitative estimate of drug-likeness (QED) is 0.776. The minimum atomic E-state index is 0.686. The summed E-state index contributed by atoms with van der Waals surface area (Å²) in [6, 6.07) is 0. The number of thioether (sulfide) groups is 1. The largest absolute Gasteiger partial charge is 0.305 e. The van der Waals surface area contributed by atoms with Crippen molar-refractivity contribution in [2.24, 2.45) is 23.7 Å². The van der Waals surface area contributed by atoms with Crippen LogP contribution in [0, 0.1) is 23.7 Å². The maximum atomic E-state index is 3.69. The Morgan fingerprint density at radius 2 is 1.71 bits per heavy atom. The summed E-state index contributed by atoms with van der Waals surface area (Å²) in [6.45, 7) is 12.9. The number of hydrogen-bond acceptors (Lipinski definition) is 2. The van der Waals surface area contributed by atoms with E-state index in [9.17, 15) is 0 Å². The lowest BCUT2D eigenvalue weighted by atomic mass is 9.85. The maximum absolute atomic E-state index is 3.69. The zero-order valence-corrected chi connectivity index (χ0v) is 11.0. The molecule has 2 heteroatoms. The van der Waals surface area contributed by atoms with E-state index in [1.807, 2.05) is 0 Å². The maximum Gasteiger partial charge on any atom is 0.0565 e. The van der Waals surface area contributed by atoms with Crippen molar-refractivity contribution in [2.75, 3.05) is 12.3 Å². The third-order valence-electron chi connectivity index (χ3n) is 3.12. The molecular formula is C12H25NS. The summed E-state index contributed by atoms with van der Waals surface area (Å²) in [5, 5.41) is 4.38. The molecule has 14 heavy (non-hydrogen) atoms. The molecule has 2 atom stereocenters. The van der Waals surface area contributed by atoms with Crippen molar-refractivity contribution in [1.29, 1.82) is 0 Å². The van der Waals surface area contributed by atoms with Gasteiger partial charge in [0.15, 0.2) is 0 Å². The second-order valence-electron chi connectivity index (χ2n) is 5.33. The van der Waals surface area contributed by atoms with Gasteiger partial charge in [-0.3, -0.25) is 0 Å². The summed E-state index contributed by atoms with van der Waals surface area (Å²) < 4.78 is 0. The van der Waals surface area contributed by atoms with E-state index < -0.39 is 0 Å². The van der Waals surface area contributed by atoms with Crippen LogP contribution in [-0.2, 0) is 0 Å². The molecule has 1 fully saturated rings. The second-order valence-corrected chi connectivity index (χ2v) is 6.51. The highest BCUT2D eigenvalue weighted by Crippen LogP contribution is 2.33. The van der Waals surface area contributed by atoms with Crippen molar-refractivity contribution in [1.82, 2.24) is 5.32 Å². The fraction of sp³-hybridized carbons (Fsp3) is 1.00. The predicted molar refractivity (Wildman–Crippen MR) is 66.6 cm³/mol. The van der Waals surface area contributed by atoms with E-state index in [4.69, 9.17) is 0 Å². The molecule has 0 aromatic carbocycles. The summed E-state index contributed by atoms with van der Waals surface area (Å²) >= 11 is 2.12. The summed E-state index contributed by atoms with van der Waals surface area (Å²) in [4.78, 5) is 0. The van der Waals surface area contributed by atoms with E-state index in [0.717, 1.165) is 23.7 Å². The van der Waals surface area contributed by atoms with Gasteiger partial charge in [0, 0.05) is 0 Å². The molecule has 0 aromatic heterocycles. The SMILES string of the molecule is CC1CNC(C(C(C)C)C(C)C)SC1. The molecule has 2 unspecified atom stereocenters. The van der Waals surface area contributed by atoms with Gasteiger partial charge in [-0.1, -0.05) is 34.6 Å². The monoisotopic (exact) mass is 215 g/mol. The fourth-order valence-corrected chi connectivity index (χ4v) is 4.14. The highest BCUT2D eigenvalue weighted by atomic mass is 32.2. The fourth-order valence-electron chi connectivity index (χ4n) is 2.42. The smallest absolute Gasteiger partial charge is 0.0565 e. The molecule has 0 saturated carbocycles. The molecule has 0 bridgehead atoms. The first-order valence-electron chi connectivity index (χ1n) is 5.87. The Balaban J connectivity index is 2.52. The molecule has 1 nitrogen and oxygen atoms in total. The van der Waals surface area contributed by atoms with Gasteiger partial charge in [0.1, 0.15) is 0 Å². The Morgan fingerprint density at radius 3 is 2.07 bits per heavy atom. The molecule has 0 aliphatic carbocycles. The molecule has 84 valence electrons. The number of rotatable bonds is 3. The van der Waals surface area contributed by atoms with Crippen LogP contribution in [0.25, 0.3) is 0 Å². The van der Waals surface area contributed by atoms with Crippen LogP contribution in [0.5, 0.6) is 0 Å². The lowest BCUT2D eigenvalue weighted by Gasteiger charge is -2.37. The highest BCUT2D eigenvalue weighted by Gasteiger charge is 2.30. The normalized spacial score (nSPS) is 29.1. The van der Waals surface area contributed by atoms with Crippen LogP contribution in [-0.4, -0.2) is 17.7 Å². The molecule has 1 rings (SSSR count). The summed E-state index contributed by atoms with van der Waals surface area (Å²) in [5.74, 6) is 4.55. The Bertz CT molecular complexity index is 152. The van der Waals surface area contributed by atoms with Crippen LogP contribution >= 0.6 is 11.8 Å². The molecule has 1 aliphatic rings. The molecule has 0 aromatic rings. The molecule has 0 amide bonds. The highest BCUT2D eigenvalue weighted by molar-refractivity contribution is 7.99. The lowest BCUT2D eigenvalue weighted by Crippen LogP contribution is -2.44. The average molecular weight is 215 g/mol. The molecule has 1 aliphatic heterocycles. The van der Waals surface area contributed by atoms with Crippen molar-refractivity contribution >= 4 is 11.8 Å². The Morgan fingerprint density at radius 1 is 1.14 bits per heavy atom. The van der Waals surface area contributed by atoms with Crippen LogP contribution in [0.4, 0.5) is 0 Å². The topological polar surface area (TPSA) is 12.0 Å². The Hall–Kier alpha value is 0.310. The third kappa shape index (κ3) is 3.16. The standard InChI is InChI=1S/C12H25NS/c1-8(2)11(9(3)4)12-13-6-10(5)7-14-12/h8-13H,6-7H2,1-5H3. The van der Waals surface area contributed by atoms with Crippen molar-refractivity contribution in [3.8, 4) is 0 Å². The Labute approximate surface area is 93.4 Å². The van der Waals surface area contributed by atoms with Crippen molar-refractivity contribution < 1.29 is 0 Å². The van der Waals surface area contributed by atoms with Crippen LogP contribution in [0.2, 0.25) is 0 Å². The summed E-state index contributed by atoms with van der Waals surface area (Å²) in [7, 11) is 0. The number of hydrogen-bond donors (Lipinski definition) is 1. The van der Waals surface area contributed by atoms with Crippen LogP contribution < -0.4 is 5.32 Å². The summed E-state index contributed by atoms with van der Waals surface area (Å²) in [5.41, 5.74) is 0. The van der Waals surface area contributed by atoms with Gasteiger partial charge in [-0.25, -0.2) is 0 Å². The van der Waals surface area contributed by atoms with Crippen LogP contribution in [0.15, 0.2) is 0 Å². The third-order valence-corrected chi connectivity index (χ3v) is 4.72. The lowest BCUT2D eigenvalue weighted by molar-refractivity contribution is 0.250. The van der Waals surface area contributed by atoms with E-state index in [0.29, 0.717) is 5.37 Å². The first kappa shape index (κ1) is 12.4. The van der Waals surface area contributed by atoms with Gasteiger partial charge in [0.2, 0.25) is 0 Å². The van der Waals surface area contributed by atoms with Crippen LogP contribution in [0.3, 0.4) is 0 Å². The van der Waals surface area contributed by atoms with Gasteiger partial charge in [0.05, 0.1) is 5.37 Å². The van der Waals surface area contributed by atoms with Gasteiger partial charge in [-0.05, 0) is 36.0 Å². The van der Waals surface area contributed by atoms with E-state index in [1.54, 1.807) is 0 Å². The molecule has 1 N–H and O–H groups in total. The first-order chi connectivity index (χ1) is 6.52. The molecule has 1 saturated heterocycles. The van der Waals surface area contributed by atoms with Gasteiger partial charge < -0.3 is 5.32 Å². The molecule has 0 radical (unpaired) electrons. The molecular weight excluding hydrogens is 190 g/mol. The zero-order valence-electron chi connectivity index (χ0n) is 10.2. The van der Waals surface area contributed by atoms with Gasteiger partial charge in [-0.15, -0.1) is 11.8 Å². The van der Waals surface area contributed by atoms with Crippen LogP contribution in [0.1, 0.15) is 34.6 Å². The minimum absolute atomic E-state index is 0.686. The average Bonchev–Trinajstić information content (AvgIpc) is 2.07. The van der Waals surface area contributed by atoms with Gasteiger partial charge in [0.25, 0.3) is 0 Å². The first-order valence-corrected chi connectivity index (χ1v) is 6.92.